The lowest BCUT2D eigenvalue weighted by Gasteiger charge is -2.06. The van der Waals surface area contributed by atoms with Crippen LogP contribution in [0.1, 0.15) is 18.7 Å². The van der Waals surface area contributed by atoms with E-state index in [1.807, 2.05) is 0 Å². The molecule has 98 valence electrons. The van der Waals surface area contributed by atoms with Crippen LogP contribution in [0.4, 0.5) is 13.2 Å². The summed E-state index contributed by atoms with van der Waals surface area (Å²) < 4.78 is 60.5. The van der Waals surface area contributed by atoms with E-state index in [4.69, 9.17) is 0 Å². The van der Waals surface area contributed by atoms with Crippen LogP contribution in [-0.2, 0) is 10.0 Å². The van der Waals surface area contributed by atoms with Crippen LogP contribution < -0.4 is 4.72 Å². The number of nitrogens with one attached hydrogen (secondary N) is 2. The van der Waals surface area contributed by atoms with Gasteiger partial charge in [0.2, 0.25) is 0 Å². The molecule has 0 bridgehead atoms. The van der Waals surface area contributed by atoms with Gasteiger partial charge >= 0.3 is 6.18 Å². The third kappa shape index (κ3) is 4.73. The van der Waals surface area contributed by atoms with Crippen LogP contribution in [0, 0.1) is 6.92 Å². The van der Waals surface area contributed by atoms with E-state index >= 15 is 0 Å². The number of halogens is 3. The van der Waals surface area contributed by atoms with E-state index in [-0.39, 0.29) is 18.0 Å². The first-order valence-electron chi connectivity index (χ1n) is 4.79. The van der Waals surface area contributed by atoms with Gasteiger partial charge in [-0.25, -0.2) is 18.1 Å². The van der Waals surface area contributed by atoms with E-state index in [1.165, 1.54) is 0 Å². The molecule has 5 nitrogen and oxygen atoms in total. The van der Waals surface area contributed by atoms with Crippen LogP contribution in [0.15, 0.2) is 11.2 Å². The van der Waals surface area contributed by atoms with Gasteiger partial charge in [-0.3, -0.25) is 0 Å². The van der Waals surface area contributed by atoms with E-state index in [0.717, 1.165) is 6.20 Å². The zero-order valence-corrected chi connectivity index (χ0v) is 9.82. The highest BCUT2D eigenvalue weighted by atomic mass is 32.2. The van der Waals surface area contributed by atoms with E-state index in [0.29, 0.717) is 5.82 Å². The summed E-state index contributed by atoms with van der Waals surface area (Å²) >= 11 is 0. The number of hydrogen-bond acceptors (Lipinski definition) is 3. The largest absolute Gasteiger partial charge is 0.389 e. The minimum absolute atomic E-state index is 0.151. The highest BCUT2D eigenvalue weighted by Crippen LogP contribution is 2.20. The first-order chi connectivity index (χ1) is 7.71. The molecule has 0 saturated carbocycles. The SMILES string of the molecule is Cc1ncc(S(=O)(=O)NCCCC(F)(F)F)[nH]1. The normalized spacial score (nSPS) is 12.9. The number of imidazole rings is 1. The van der Waals surface area contributed by atoms with Crippen LogP contribution in [0.25, 0.3) is 0 Å². The van der Waals surface area contributed by atoms with Gasteiger partial charge in [-0.1, -0.05) is 0 Å². The van der Waals surface area contributed by atoms with Gasteiger partial charge in [0.25, 0.3) is 10.0 Å². The third-order valence-electron chi connectivity index (χ3n) is 1.90. The van der Waals surface area contributed by atoms with E-state index in [2.05, 4.69) is 14.7 Å². The van der Waals surface area contributed by atoms with Gasteiger partial charge in [0.1, 0.15) is 5.82 Å². The molecular formula is C8H12F3N3O2S. The van der Waals surface area contributed by atoms with Crippen molar-refractivity contribution >= 4 is 10.0 Å². The van der Waals surface area contributed by atoms with Gasteiger partial charge in [-0.15, -0.1) is 0 Å². The van der Waals surface area contributed by atoms with Gasteiger partial charge < -0.3 is 4.98 Å². The molecule has 1 heterocycles. The Morgan fingerprint density at radius 3 is 2.59 bits per heavy atom. The van der Waals surface area contributed by atoms with Crippen molar-refractivity contribution in [3.05, 3.63) is 12.0 Å². The molecule has 1 rings (SSSR count). The Labute approximate surface area is 96.5 Å². The van der Waals surface area contributed by atoms with E-state index in [9.17, 15) is 21.6 Å². The molecule has 0 saturated heterocycles. The summed E-state index contributed by atoms with van der Waals surface area (Å²) in [5.74, 6) is 0.417. The molecule has 0 radical (unpaired) electrons. The fourth-order valence-corrected chi connectivity index (χ4v) is 2.15. The highest BCUT2D eigenvalue weighted by Gasteiger charge is 2.26. The summed E-state index contributed by atoms with van der Waals surface area (Å²) in [6.45, 7) is 1.31. The van der Waals surface area contributed by atoms with Crippen LogP contribution in [-0.4, -0.2) is 31.1 Å². The van der Waals surface area contributed by atoms with Gasteiger partial charge in [-0.05, 0) is 13.3 Å². The molecule has 0 spiro atoms. The third-order valence-corrected chi connectivity index (χ3v) is 3.27. The van der Waals surface area contributed by atoms with Crippen molar-refractivity contribution in [3.8, 4) is 0 Å². The lowest BCUT2D eigenvalue weighted by molar-refractivity contribution is -0.135. The van der Waals surface area contributed by atoms with E-state index < -0.39 is 22.6 Å². The lowest BCUT2D eigenvalue weighted by Crippen LogP contribution is -2.26. The summed E-state index contributed by atoms with van der Waals surface area (Å²) in [5.41, 5.74) is 0. The van der Waals surface area contributed by atoms with Crippen molar-refractivity contribution in [2.45, 2.75) is 31.0 Å². The van der Waals surface area contributed by atoms with Gasteiger partial charge in [0.05, 0.1) is 6.20 Å². The Morgan fingerprint density at radius 1 is 1.47 bits per heavy atom. The molecule has 17 heavy (non-hydrogen) atoms. The van der Waals surface area contributed by atoms with Crippen LogP contribution in [0.5, 0.6) is 0 Å². The number of aryl methyl sites for hydroxylation is 1. The van der Waals surface area contributed by atoms with Crippen molar-refractivity contribution in [2.75, 3.05) is 6.54 Å². The Bertz CT molecular complexity index is 467. The molecule has 0 atom stereocenters. The van der Waals surface area contributed by atoms with Gasteiger partial charge in [0, 0.05) is 13.0 Å². The maximum atomic E-state index is 11.8. The number of hydrogen-bond donors (Lipinski definition) is 2. The smallest absolute Gasteiger partial charge is 0.332 e. The van der Waals surface area contributed by atoms with Crippen LogP contribution >= 0.6 is 0 Å². The lowest BCUT2D eigenvalue weighted by atomic mass is 10.3. The molecule has 0 amide bonds. The van der Waals surface area contributed by atoms with Gasteiger partial charge in [-0.2, -0.15) is 13.2 Å². The number of sulfonamides is 1. The average Bonchev–Trinajstić information content (AvgIpc) is 2.59. The molecule has 0 aromatic carbocycles. The van der Waals surface area contributed by atoms with Crippen molar-refractivity contribution in [1.82, 2.24) is 14.7 Å². The molecule has 0 aliphatic carbocycles. The maximum absolute atomic E-state index is 11.8. The first-order valence-corrected chi connectivity index (χ1v) is 6.27. The molecule has 2 N–H and O–H groups in total. The predicted molar refractivity (Wildman–Crippen MR) is 53.8 cm³/mol. The Balaban J connectivity index is 2.46. The number of alkyl halides is 3. The van der Waals surface area contributed by atoms with Crippen molar-refractivity contribution in [1.29, 1.82) is 0 Å². The van der Waals surface area contributed by atoms with Crippen LogP contribution in [0.2, 0.25) is 0 Å². The fraction of sp³-hybridized carbons (Fsp3) is 0.625. The average molecular weight is 271 g/mol. The molecule has 1 aromatic rings. The summed E-state index contributed by atoms with van der Waals surface area (Å²) in [5, 5.41) is -0.151. The summed E-state index contributed by atoms with van der Waals surface area (Å²) in [6, 6.07) is 0. The van der Waals surface area contributed by atoms with Crippen molar-refractivity contribution in [3.63, 3.8) is 0 Å². The Hall–Kier alpha value is -1.09. The van der Waals surface area contributed by atoms with Gasteiger partial charge in [0.15, 0.2) is 5.03 Å². The number of H-pyrrole nitrogens is 1. The molecule has 0 aliphatic rings. The number of rotatable bonds is 5. The second kappa shape index (κ2) is 5.05. The minimum atomic E-state index is -4.27. The number of nitrogens with zero attached hydrogens (tertiary/aromatic N) is 1. The molecule has 0 fully saturated rings. The summed E-state index contributed by atoms with van der Waals surface area (Å²) in [6.07, 6.45) is -4.47. The minimum Gasteiger partial charge on any atom is -0.332 e. The number of aromatic amines is 1. The zero-order valence-electron chi connectivity index (χ0n) is 9.00. The highest BCUT2D eigenvalue weighted by molar-refractivity contribution is 7.89. The second-order valence-corrected chi connectivity index (χ2v) is 5.18. The summed E-state index contributed by atoms with van der Waals surface area (Å²) in [7, 11) is -3.79. The zero-order chi connectivity index (χ0) is 13.1. The molecule has 1 aromatic heterocycles. The Morgan fingerprint density at radius 2 is 2.12 bits per heavy atom. The van der Waals surface area contributed by atoms with Crippen molar-refractivity contribution in [2.24, 2.45) is 0 Å². The summed E-state index contributed by atoms with van der Waals surface area (Å²) in [4.78, 5) is 6.19. The van der Waals surface area contributed by atoms with Crippen molar-refractivity contribution < 1.29 is 21.6 Å². The maximum Gasteiger partial charge on any atom is 0.389 e. The van der Waals surface area contributed by atoms with E-state index in [1.54, 1.807) is 6.92 Å². The first kappa shape index (κ1) is 14.0. The monoisotopic (exact) mass is 271 g/mol. The number of aromatic nitrogens is 2. The fourth-order valence-electron chi connectivity index (χ4n) is 1.11. The quantitative estimate of drug-likeness (QED) is 0.793. The molecule has 9 heteroatoms. The Kier molecular flexibility index (Phi) is 4.15. The molecule has 0 aliphatic heterocycles. The second-order valence-electron chi connectivity index (χ2n) is 3.45. The molecular weight excluding hydrogens is 259 g/mol. The standard InChI is InChI=1S/C8H12F3N3O2S/c1-6-12-5-7(14-6)17(15,16)13-4-2-3-8(9,10)11/h5,13H,2-4H2,1H3,(H,12,14). The van der Waals surface area contributed by atoms with Crippen LogP contribution in [0.3, 0.4) is 0 Å². The molecule has 0 unspecified atom stereocenters. The topological polar surface area (TPSA) is 74.8 Å². The predicted octanol–water partition coefficient (Wildman–Crippen LogP) is 1.34.